The summed E-state index contributed by atoms with van der Waals surface area (Å²) >= 11 is 0. The summed E-state index contributed by atoms with van der Waals surface area (Å²) in [5.41, 5.74) is 0.879. The molecule has 0 saturated heterocycles. The fraction of sp³-hybridized carbons (Fsp3) is 0.438. The molecule has 0 atom stereocenters. The lowest BCUT2D eigenvalue weighted by Crippen LogP contribution is -2.37. The van der Waals surface area contributed by atoms with Crippen LogP contribution in [0.15, 0.2) is 30.3 Å². The summed E-state index contributed by atoms with van der Waals surface area (Å²) in [5.74, 6) is 0.648. The molecular weight excluding hydrogens is 254 g/mol. The predicted molar refractivity (Wildman–Crippen MR) is 78.4 cm³/mol. The highest BCUT2D eigenvalue weighted by molar-refractivity contribution is 5.92. The van der Waals surface area contributed by atoms with Crippen LogP contribution in [-0.2, 0) is 4.79 Å². The van der Waals surface area contributed by atoms with Gasteiger partial charge in [0.1, 0.15) is 5.75 Å². The molecule has 1 aliphatic carbocycles. The van der Waals surface area contributed by atoms with Crippen LogP contribution in [0.3, 0.4) is 0 Å². The van der Waals surface area contributed by atoms with Crippen molar-refractivity contribution in [2.45, 2.75) is 37.8 Å². The van der Waals surface area contributed by atoms with Crippen molar-refractivity contribution in [3.63, 3.8) is 0 Å². The number of carbonyl (C=O) groups is 1. The van der Waals surface area contributed by atoms with Crippen molar-refractivity contribution in [2.24, 2.45) is 0 Å². The largest absolute Gasteiger partial charge is 0.496 e. The molecule has 0 bridgehead atoms. The van der Waals surface area contributed by atoms with E-state index < -0.39 is 0 Å². The Morgan fingerprint density at radius 2 is 2.00 bits per heavy atom. The first-order valence-corrected chi connectivity index (χ1v) is 6.98. The van der Waals surface area contributed by atoms with Crippen LogP contribution in [0, 0.1) is 0 Å². The number of aliphatic hydroxyl groups excluding tert-OH is 1. The molecule has 1 amide bonds. The van der Waals surface area contributed by atoms with Crippen molar-refractivity contribution < 1.29 is 14.6 Å². The molecule has 4 nitrogen and oxygen atoms in total. The Morgan fingerprint density at radius 3 is 2.70 bits per heavy atom. The number of aliphatic hydroxyl groups is 1. The number of carbonyl (C=O) groups excluding carboxylic acids is 1. The lowest BCUT2D eigenvalue weighted by atomic mass is 9.93. The molecular formula is C16H21NO3. The third kappa shape index (κ3) is 4.10. The third-order valence-electron chi connectivity index (χ3n) is 3.60. The first-order chi connectivity index (χ1) is 9.69. The van der Waals surface area contributed by atoms with E-state index in [1.807, 2.05) is 24.3 Å². The Balaban J connectivity index is 1.89. The Kier molecular flexibility index (Phi) is 5.18. The second-order valence-corrected chi connectivity index (χ2v) is 5.09. The highest BCUT2D eigenvalue weighted by atomic mass is 16.5. The lowest BCUT2D eigenvalue weighted by molar-refractivity contribution is -0.117. The van der Waals surface area contributed by atoms with E-state index in [1.54, 1.807) is 13.2 Å². The molecule has 4 heteroatoms. The van der Waals surface area contributed by atoms with Crippen LogP contribution >= 0.6 is 0 Å². The number of ether oxygens (including phenoxy) is 1. The van der Waals surface area contributed by atoms with Gasteiger partial charge in [0.25, 0.3) is 0 Å². The summed E-state index contributed by atoms with van der Waals surface area (Å²) in [5, 5.41) is 12.4. The zero-order valence-electron chi connectivity index (χ0n) is 11.7. The zero-order chi connectivity index (χ0) is 14.4. The van der Waals surface area contributed by atoms with Gasteiger partial charge in [-0.2, -0.15) is 0 Å². The molecule has 1 saturated carbocycles. The summed E-state index contributed by atoms with van der Waals surface area (Å²) in [7, 11) is 1.61. The molecule has 1 aromatic carbocycles. The van der Waals surface area contributed by atoms with Gasteiger partial charge in [-0.25, -0.2) is 0 Å². The fourth-order valence-electron chi connectivity index (χ4n) is 2.44. The second-order valence-electron chi connectivity index (χ2n) is 5.09. The molecule has 108 valence electrons. The molecule has 1 aromatic rings. The Bertz CT molecular complexity index is 476. The number of hydrogen-bond acceptors (Lipinski definition) is 3. The van der Waals surface area contributed by atoms with E-state index in [-0.39, 0.29) is 18.1 Å². The summed E-state index contributed by atoms with van der Waals surface area (Å²) in [6.07, 6.45) is 6.30. The average molecular weight is 275 g/mol. The van der Waals surface area contributed by atoms with Crippen molar-refractivity contribution in [1.29, 1.82) is 0 Å². The van der Waals surface area contributed by atoms with Crippen molar-refractivity contribution in [3.8, 4) is 5.75 Å². The quantitative estimate of drug-likeness (QED) is 0.828. The third-order valence-corrected chi connectivity index (χ3v) is 3.60. The van der Waals surface area contributed by atoms with Crippen LogP contribution in [0.5, 0.6) is 5.75 Å². The molecule has 0 unspecified atom stereocenters. The molecule has 0 spiro atoms. The molecule has 20 heavy (non-hydrogen) atoms. The normalized spacial score (nSPS) is 22.7. The number of amides is 1. The average Bonchev–Trinajstić information content (AvgIpc) is 2.48. The van der Waals surface area contributed by atoms with Crippen molar-refractivity contribution in [2.75, 3.05) is 7.11 Å². The minimum Gasteiger partial charge on any atom is -0.496 e. The SMILES string of the molecule is COc1ccccc1/C=C/C(=O)NC1CCC(O)CC1. The maximum absolute atomic E-state index is 11.9. The Morgan fingerprint density at radius 1 is 1.30 bits per heavy atom. The van der Waals surface area contributed by atoms with Crippen molar-refractivity contribution in [1.82, 2.24) is 5.32 Å². The van der Waals surface area contributed by atoms with Gasteiger partial charge in [0, 0.05) is 17.7 Å². The summed E-state index contributed by atoms with van der Waals surface area (Å²) < 4.78 is 5.23. The Hall–Kier alpha value is -1.81. The number of hydrogen-bond donors (Lipinski definition) is 2. The van der Waals surface area contributed by atoms with Crippen LogP contribution in [-0.4, -0.2) is 30.3 Å². The van der Waals surface area contributed by atoms with E-state index in [4.69, 9.17) is 4.74 Å². The van der Waals surface area contributed by atoms with Gasteiger partial charge in [0.05, 0.1) is 13.2 Å². The van der Waals surface area contributed by atoms with Gasteiger partial charge in [-0.15, -0.1) is 0 Å². The van der Waals surface area contributed by atoms with Crippen molar-refractivity contribution in [3.05, 3.63) is 35.9 Å². The molecule has 1 fully saturated rings. The van der Waals surface area contributed by atoms with Crippen LogP contribution in [0.2, 0.25) is 0 Å². The first-order valence-electron chi connectivity index (χ1n) is 6.98. The molecule has 1 aliphatic rings. The number of para-hydroxylation sites is 1. The number of benzene rings is 1. The van der Waals surface area contributed by atoms with Gasteiger partial charge in [-0.1, -0.05) is 18.2 Å². The maximum atomic E-state index is 11.9. The van der Waals surface area contributed by atoms with E-state index in [2.05, 4.69) is 5.32 Å². The smallest absolute Gasteiger partial charge is 0.244 e. The molecule has 0 radical (unpaired) electrons. The van der Waals surface area contributed by atoms with Crippen LogP contribution in [0.25, 0.3) is 6.08 Å². The maximum Gasteiger partial charge on any atom is 0.244 e. The summed E-state index contributed by atoms with van der Waals surface area (Å²) in [6.45, 7) is 0. The van der Waals surface area contributed by atoms with Gasteiger partial charge in [-0.05, 0) is 37.8 Å². The highest BCUT2D eigenvalue weighted by Crippen LogP contribution is 2.19. The van der Waals surface area contributed by atoms with E-state index in [9.17, 15) is 9.90 Å². The van der Waals surface area contributed by atoms with E-state index >= 15 is 0 Å². The van der Waals surface area contributed by atoms with Crippen molar-refractivity contribution >= 4 is 12.0 Å². The first kappa shape index (κ1) is 14.6. The Labute approximate surface area is 119 Å². The molecule has 0 aromatic heterocycles. The predicted octanol–water partition coefficient (Wildman–Crippen LogP) is 2.13. The molecule has 0 heterocycles. The van der Waals surface area contributed by atoms with Crippen LogP contribution < -0.4 is 10.1 Å². The number of rotatable bonds is 4. The van der Waals surface area contributed by atoms with Gasteiger partial charge in [-0.3, -0.25) is 4.79 Å². The van der Waals surface area contributed by atoms with Crippen LogP contribution in [0.1, 0.15) is 31.2 Å². The fourth-order valence-corrected chi connectivity index (χ4v) is 2.44. The highest BCUT2D eigenvalue weighted by Gasteiger charge is 2.19. The van der Waals surface area contributed by atoms with Gasteiger partial charge >= 0.3 is 0 Å². The number of nitrogens with one attached hydrogen (secondary N) is 1. The lowest BCUT2D eigenvalue weighted by Gasteiger charge is -2.25. The number of methoxy groups -OCH3 is 1. The summed E-state index contributed by atoms with van der Waals surface area (Å²) in [6, 6.07) is 7.74. The molecule has 2 N–H and O–H groups in total. The molecule has 2 rings (SSSR count). The van der Waals surface area contributed by atoms with Crippen LogP contribution in [0.4, 0.5) is 0 Å². The zero-order valence-corrected chi connectivity index (χ0v) is 11.7. The van der Waals surface area contributed by atoms with E-state index in [0.29, 0.717) is 0 Å². The van der Waals surface area contributed by atoms with Gasteiger partial charge in [0.2, 0.25) is 5.91 Å². The monoisotopic (exact) mass is 275 g/mol. The summed E-state index contributed by atoms with van der Waals surface area (Å²) in [4.78, 5) is 11.9. The van der Waals surface area contributed by atoms with Gasteiger partial charge in [0.15, 0.2) is 0 Å². The van der Waals surface area contributed by atoms with E-state index in [1.165, 1.54) is 6.08 Å². The minimum absolute atomic E-state index is 0.0997. The topological polar surface area (TPSA) is 58.6 Å². The van der Waals surface area contributed by atoms with Gasteiger partial charge < -0.3 is 15.2 Å². The molecule has 0 aliphatic heterocycles. The standard InChI is InChI=1S/C16H21NO3/c1-20-15-5-3-2-4-12(15)6-11-16(19)17-13-7-9-14(18)10-8-13/h2-6,11,13-14,18H,7-10H2,1H3,(H,17,19)/b11-6+. The van der Waals surface area contributed by atoms with E-state index in [0.717, 1.165) is 37.0 Å². The minimum atomic E-state index is -0.202. The second kappa shape index (κ2) is 7.10.